The molecule has 0 spiro atoms. The molecular formula is C18H22F3NO3. The largest absolute Gasteiger partial charge is 0.479 e. The van der Waals surface area contributed by atoms with Crippen LogP contribution in [0.1, 0.15) is 54.4 Å². The van der Waals surface area contributed by atoms with Crippen LogP contribution < -0.4 is 0 Å². The Bertz CT molecular complexity index is 619. The number of hydrogen-bond acceptors (Lipinski definition) is 2. The van der Waals surface area contributed by atoms with Crippen LogP contribution in [0.3, 0.4) is 0 Å². The number of aliphatic carboxylic acids is 1. The summed E-state index contributed by atoms with van der Waals surface area (Å²) in [7, 11) is 1.49. The van der Waals surface area contributed by atoms with Crippen molar-refractivity contribution in [2.75, 3.05) is 7.05 Å². The summed E-state index contributed by atoms with van der Waals surface area (Å²) in [5.41, 5.74) is -0.434. The van der Waals surface area contributed by atoms with E-state index >= 15 is 0 Å². The molecule has 0 saturated heterocycles. The van der Waals surface area contributed by atoms with E-state index in [2.05, 4.69) is 0 Å². The van der Waals surface area contributed by atoms with Crippen molar-refractivity contribution in [1.82, 2.24) is 4.90 Å². The molecule has 1 saturated carbocycles. The van der Waals surface area contributed by atoms with E-state index in [0.717, 1.165) is 19.3 Å². The third kappa shape index (κ3) is 4.52. The Balaban J connectivity index is 2.12. The number of alkyl halides is 3. The first-order valence-electron chi connectivity index (χ1n) is 8.33. The Labute approximate surface area is 144 Å². The van der Waals surface area contributed by atoms with Crippen molar-refractivity contribution in [3.8, 4) is 0 Å². The van der Waals surface area contributed by atoms with Gasteiger partial charge in [-0.1, -0.05) is 31.4 Å². The van der Waals surface area contributed by atoms with Gasteiger partial charge in [-0.05, 0) is 37.0 Å². The fourth-order valence-corrected chi connectivity index (χ4v) is 3.32. The number of carboxylic acids is 1. The number of hydrogen-bond donors (Lipinski definition) is 1. The second-order valence-electron chi connectivity index (χ2n) is 6.57. The molecule has 0 bridgehead atoms. The molecule has 0 heterocycles. The summed E-state index contributed by atoms with van der Waals surface area (Å²) >= 11 is 0. The lowest BCUT2D eigenvalue weighted by atomic mass is 9.80. The standard InChI is InChI=1S/C18H22F3NO3/c1-22(17(16(24)25)10-3-2-4-11-17)15(23)14-7-5-13(6-8-14)9-12-18(19,20)21/h5-8H,2-4,9-12H2,1H3,(H,24,25). The number of rotatable bonds is 5. The number of nitrogens with zero attached hydrogens (tertiary/aromatic N) is 1. The zero-order valence-electron chi connectivity index (χ0n) is 14.1. The normalized spacial score (nSPS) is 17.1. The minimum absolute atomic E-state index is 0.146. The molecule has 1 fully saturated rings. The molecule has 0 radical (unpaired) electrons. The molecule has 1 aromatic carbocycles. The van der Waals surface area contributed by atoms with Crippen molar-refractivity contribution in [3.63, 3.8) is 0 Å². The van der Waals surface area contributed by atoms with E-state index in [1.54, 1.807) is 0 Å². The van der Waals surface area contributed by atoms with Crippen LogP contribution in [-0.2, 0) is 11.2 Å². The number of likely N-dealkylation sites (N-methyl/N-ethyl adjacent to an activating group) is 1. The molecule has 138 valence electrons. The first kappa shape index (κ1) is 19.3. The predicted octanol–water partition coefficient (Wildman–Crippen LogP) is 4.04. The Hall–Kier alpha value is -2.05. The van der Waals surface area contributed by atoms with Gasteiger partial charge in [-0.3, -0.25) is 4.79 Å². The minimum Gasteiger partial charge on any atom is -0.479 e. The molecule has 1 N–H and O–H groups in total. The van der Waals surface area contributed by atoms with Crippen molar-refractivity contribution < 1.29 is 27.9 Å². The Morgan fingerprint density at radius 3 is 2.16 bits per heavy atom. The second-order valence-corrected chi connectivity index (χ2v) is 6.57. The van der Waals surface area contributed by atoms with Gasteiger partial charge in [-0.15, -0.1) is 0 Å². The summed E-state index contributed by atoms with van der Waals surface area (Å²) in [5, 5.41) is 9.64. The topological polar surface area (TPSA) is 57.6 Å². The van der Waals surface area contributed by atoms with E-state index in [-0.39, 0.29) is 12.0 Å². The average Bonchev–Trinajstić information content (AvgIpc) is 2.59. The molecule has 4 nitrogen and oxygen atoms in total. The lowest BCUT2D eigenvalue weighted by molar-refractivity contribution is -0.151. The average molecular weight is 357 g/mol. The Morgan fingerprint density at radius 2 is 1.68 bits per heavy atom. The first-order valence-corrected chi connectivity index (χ1v) is 8.33. The van der Waals surface area contributed by atoms with E-state index in [0.29, 0.717) is 18.4 Å². The third-order valence-electron chi connectivity index (χ3n) is 4.92. The van der Waals surface area contributed by atoms with E-state index in [1.807, 2.05) is 0 Å². The van der Waals surface area contributed by atoms with Crippen LogP contribution >= 0.6 is 0 Å². The fourth-order valence-electron chi connectivity index (χ4n) is 3.32. The van der Waals surface area contributed by atoms with Crippen LogP contribution in [0.25, 0.3) is 0 Å². The van der Waals surface area contributed by atoms with Gasteiger partial charge in [0.25, 0.3) is 5.91 Å². The summed E-state index contributed by atoms with van der Waals surface area (Å²) in [6.07, 6.45) is -2.01. The Morgan fingerprint density at radius 1 is 1.12 bits per heavy atom. The van der Waals surface area contributed by atoms with E-state index in [4.69, 9.17) is 0 Å². The van der Waals surface area contributed by atoms with Crippen LogP contribution in [0.5, 0.6) is 0 Å². The quantitative estimate of drug-likeness (QED) is 0.865. The molecule has 7 heteroatoms. The number of carbonyl (C=O) groups is 2. The van der Waals surface area contributed by atoms with Crippen molar-refractivity contribution >= 4 is 11.9 Å². The molecule has 0 aromatic heterocycles. The third-order valence-corrected chi connectivity index (χ3v) is 4.92. The number of carbonyl (C=O) groups excluding carboxylic acids is 1. The van der Waals surface area contributed by atoms with Crippen LogP contribution in [0, 0.1) is 0 Å². The lowest BCUT2D eigenvalue weighted by Crippen LogP contribution is -2.56. The number of benzene rings is 1. The van der Waals surface area contributed by atoms with Crippen LogP contribution in [0.4, 0.5) is 13.2 Å². The van der Waals surface area contributed by atoms with Crippen molar-refractivity contribution in [2.45, 2.75) is 56.7 Å². The molecule has 1 amide bonds. The van der Waals surface area contributed by atoms with Gasteiger partial charge >= 0.3 is 12.1 Å². The number of halogens is 3. The number of amides is 1. The fraction of sp³-hybridized carbons (Fsp3) is 0.556. The second kappa shape index (κ2) is 7.45. The molecule has 25 heavy (non-hydrogen) atoms. The zero-order valence-corrected chi connectivity index (χ0v) is 14.1. The first-order chi connectivity index (χ1) is 11.7. The smallest absolute Gasteiger partial charge is 0.389 e. The highest BCUT2D eigenvalue weighted by molar-refractivity contribution is 5.97. The summed E-state index contributed by atoms with van der Waals surface area (Å²) in [6.45, 7) is 0. The molecular weight excluding hydrogens is 335 g/mol. The summed E-state index contributed by atoms with van der Waals surface area (Å²) in [4.78, 5) is 25.7. The van der Waals surface area contributed by atoms with Crippen LogP contribution in [0.2, 0.25) is 0 Å². The monoisotopic (exact) mass is 357 g/mol. The highest BCUT2D eigenvalue weighted by Crippen LogP contribution is 2.34. The summed E-state index contributed by atoms with van der Waals surface area (Å²) in [5.74, 6) is -1.43. The molecule has 1 aromatic rings. The highest BCUT2D eigenvalue weighted by Gasteiger charge is 2.45. The lowest BCUT2D eigenvalue weighted by Gasteiger charge is -2.41. The molecule has 2 rings (SSSR count). The van der Waals surface area contributed by atoms with Gasteiger partial charge in [-0.2, -0.15) is 13.2 Å². The maximum atomic E-state index is 12.7. The van der Waals surface area contributed by atoms with Crippen molar-refractivity contribution in [3.05, 3.63) is 35.4 Å². The summed E-state index contributed by atoms with van der Waals surface area (Å²) < 4.78 is 36.8. The van der Waals surface area contributed by atoms with Crippen molar-refractivity contribution in [1.29, 1.82) is 0 Å². The molecule has 1 aliphatic rings. The van der Waals surface area contributed by atoms with Gasteiger partial charge in [0.05, 0.1) is 0 Å². The maximum absolute atomic E-state index is 12.7. The van der Waals surface area contributed by atoms with E-state index in [9.17, 15) is 27.9 Å². The molecule has 0 unspecified atom stereocenters. The van der Waals surface area contributed by atoms with Crippen LogP contribution in [0.15, 0.2) is 24.3 Å². The van der Waals surface area contributed by atoms with Gasteiger partial charge < -0.3 is 10.0 Å². The predicted molar refractivity (Wildman–Crippen MR) is 86.4 cm³/mol. The minimum atomic E-state index is -4.22. The molecule has 0 aliphatic heterocycles. The van der Waals surface area contributed by atoms with Gasteiger partial charge in [0.1, 0.15) is 5.54 Å². The maximum Gasteiger partial charge on any atom is 0.389 e. The Kier molecular flexibility index (Phi) is 5.75. The van der Waals surface area contributed by atoms with Gasteiger partial charge in [0.2, 0.25) is 0 Å². The SMILES string of the molecule is CN(C(=O)c1ccc(CCC(F)(F)F)cc1)C1(C(=O)O)CCCCC1. The van der Waals surface area contributed by atoms with E-state index in [1.165, 1.54) is 36.2 Å². The molecule has 0 atom stereocenters. The van der Waals surface area contributed by atoms with E-state index < -0.39 is 30.0 Å². The zero-order chi connectivity index (χ0) is 18.7. The van der Waals surface area contributed by atoms with Gasteiger partial charge in [-0.25, -0.2) is 4.79 Å². The van der Waals surface area contributed by atoms with Crippen molar-refractivity contribution in [2.24, 2.45) is 0 Å². The van der Waals surface area contributed by atoms with Gasteiger partial charge in [0, 0.05) is 19.0 Å². The number of carboxylic acid groups (broad SMARTS) is 1. The van der Waals surface area contributed by atoms with Crippen LogP contribution in [-0.4, -0.2) is 40.6 Å². The van der Waals surface area contributed by atoms with Gasteiger partial charge in [0.15, 0.2) is 0 Å². The number of aryl methyl sites for hydroxylation is 1. The summed E-state index contributed by atoms with van der Waals surface area (Å²) in [6, 6.07) is 5.90. The highest BCUT2D eigenvalue weighted by atomic mass is 19.4. The molecule has 1 aliphatic carbocycles.